The van der Waals surface area contributed by atoms with Crippen LogP contribution in [0.25, 0.3) is 0 Å². The molecule has 0 amide bonds. The van der Waals surface area contributed by atoms with Gasteiger partial charge >= 0.3 is 0 Å². The Bertz CT molecular complexity index is 868. The fraction of sp³-hybridized carbons (Fsp3) is 0.118. The third kappa shape index (κ3) is 2.68. The summed E-state index contributed by atoms with van der Waals surface area (Å²) in [6.45, 7) is 0. The van der Waals surface area contributed by atoms with Crippen molar-refractivity contribution in [2.75, 3.05) is 11.1 Å². The molecule has 0 saturated carbocycles. The number of nitrogens with two attached hydrogens (primary N) is 2. The van der Waals surface area contributed by atoms with Crippen LogP contribution in [-0.2, 0) is 11.4 Å². The van der Waals surface area contributed by atoms with E-state index < -0.39 is 4.99 Å². The second-order valence-corrected chi connectivity index (χ2v) is 6.88. The molecular formula is C17H16N6S. The van der Waals surface area contributed by atoms with Crippen LogP contribution in [0.4, 0.5) is 11.6 Å². The Balaban J connectivity index is 1.56. The van der Waals surface area contributed by atoms with Gasteiger partial charge in [-0.15, -0.1) is 0 Å². The molecule has 0 fully saturated rings. The number of pyridine rings is 1. The Morgan fingerprint density at radius 1 is 1.00 bits per heavy atom. The molecule has 0 bridgehead atoms. The molecule has 6 nitrogen and oxygen atoms in total. The van der Waals surface area contributed by atoms with Crippen molar-refractivity contribution < 1.29 is 0 Å². The van der Waals surface area contributed by atoms with Gasteiger partial charge in [0.25, 0.3) is 0 Å². The maximum absolute atomic E-state index is 6.52. The van der Waals surface area contributed by atoms with Gasteiger partial charge in [-0.1, -0.05) is 36.0 Å². The summed E-state index contributed by atoms with van der Waals surface area (Å²) in [5, 5.41) is 3.24. The zero-order valence-corrected chi connectivity index (χ0v) is 13.6. The average molecular weight is 336 g/mol. The molecule has 1 aliphatic heterocycles. The molecule has 1 atom stereocenters. The predicted molar refractivity (Wildman–Crippen MR) is 95.3 cm³/mol. The van der Waals surface area contributed by atoms with Crippen molar-refractivity contribution in [2.45, 2.75) is 16.3 Å². The van der Waals surface area contributed by atoms with Gasteiger partial charge in [0.2, 0.25) is 0 Å². The van der Waals surface area contributed by atoms with Crippen molar-refractivity contribution in [1.82, 2.24) is 15.0 Å². The first-order valence-electron chi connectivity index (χ1n) is 7.49. The molecule has 1 aliphatic rings. The van der Waals surface area contributed by atoms with E-state index >= 15 is 0 Å². The molecule has 7 heteroatoms. The van der Waals surface area contributed by atoms with Gasteiger partial charge in [0.15, 0.2) is 4.99 Å². The number of aromatic nitrogens is 3. The zero-order valence-electron chi connectivity index (χ0n) is 12.8. The number of nitrogens with zero attached hydrogens (tertiary/aromatic N) is 3. The molecule has 0 spiro atoms. The van der Waals surface area contributed by atoms with E-state index in [0.29, 0.717) is 11.6 Å². The van der Waals surface area contributed by atoms with Crippen LogP contribution in [0, 0.1) is 0 Å². The second-order valence-electron chi connectivity index (χ2n) is 5.63. The number of anilines is 2. The molecule has 0 saturated heterocycles. The highest BCUT2D eigenvalue weighted by atomic mass is 32.2. The summed E-state index contributed by atoms with van der Waals surface area (Å²) in [5.41, 5.74) is 15.8. The first-order chi connectivity index (χ1) is 11.6. The minimum absolute atomic E-state index is 0.444. The SMILES string of the molecule is Nc1ncnc2c1SC(N)(c1ccc(Cc3ccncc3)cc1)N2. The van der Waals surface area contributed by atoms with Gasteiger partial charge in [0.05, 0.1) is 4.90 Å². The highest BCUT2D eigenvalue weighted by Crippen LogP contribution is 2.48. The molecule has 5 N–H and O–H groups in total. The third-order valence-electron chi connectivity index (χ3n) is 3.94. The number of hydrogen-bond acceptors (Lipinski definition) is 7. The van der Waals surface area contributed by atoms with Crippen molar-refractivity contribution >= 4 is 23.4 Å². The lowest BCUT2D eigenvalue weighted by Gasteiger charge is -2.24. The van der Waals surface area contributed by atoms with Gasteiger partial charge in [0, 0.05) is 18.0 Å². The summed E-state index contributed by atoms with van der Waals surface area (Å²) in [4.78, 5) is 12.3. The van der Waals surface area contributed by atoms with Crippen LogP contribution < -0.4 is 16.8 Å². The van der Waals surface area contributed by atoms with Crippen molar-refractivity contribution in [3.8, 4) is 0 Å². The van der Waals surface area contributed by atoms with Crippen molar-refractivity contribution in [3.63, 3.8) is 0 Å². The quantitative estimate of drug-likeness (QED) is 0.674. The van der Waals surface area contributed by atoms with E-state index in [-0.39, 0.29) is 0 Å². The minimum atomic E-state index is -0.790. The van der Waals surface area contributed by atoms with Gasteiger partial charge in [-0.25, -0.2) is 9.97 Å². The lowest BCUT2D eigenvalue weighted by Crippen LogP contribution is -2.38. The first-order valence-corrected chi connectivity index (χ1v) is 8.30. The van der Waals surface area contributed by atoms with E-state index in [1.807, 2.05) is 24.3 Å². The molecule has 1 aromatic carbocycles. The summed E-state index contributed by atoms with van der Waals surface area (Å²) >= 11 is 1.44. The highest BCUT2D eigenvalue weighted by Gasteiger charge is 2.38. The second kappa shape index (κ2) is 5.77. The van der Waals surface area contributed by atoms with Crippen LogP contribution >= 0.6 is 11.8 Å². The number of thioether (sulfide) groups is 1. The number of fused-ring (bicyclic) bond motifs is 1. The first kappa shape index (κ1) is 14.9. The Hall–Kier alpha value is -2.64. The minimum Gasteiger partial charge on any atom is -0.383 e. The van der Waals surface area contributed by atoms with E-state index in [1.165, 1.54) is 29.2 Å². The normalized spacial score (nSPS) is 18.9. The summed E-state index contributed by atoms with van der Waals surface area (Å²) in [7, 11) is 0. The van der Waals surface area contributed by atoms with Crippen LogP contribution in [0.3, 0.4) is 0 Å². The van der Waals surface area contributed by atoms with Crippen LogP contribution in [0.1, 0.15) is 16.7 Å². The summed E-state index contributed by atoms with van der Waals surface area (Å²) in [5.74, 6) is 1.12. The third-order valence-corrected chi connectivity index (χ3v) is 5.21. The maximum atomic E-state index is 6.52. The van der Waals surface area contributed by atoms with E-state index in [4.69, 9.17) is 11.5 Å². The fourth-order valence-electron chi connectivity index (χ4n) is 2.68. The van der Waals surface area contributed by atoms with E-state index in [1.54, 1.807) is 12.4 Å². The van der Waals surface area contributed by atoms with Gasteiger partial charge in [0.1, 0.15) is 18.0 Å². The summed E-state index contributed by atoms with van der Waals surface area (Å²) < 4.78 is 0. The zero-order chi connectivity index (χ0) is 16.6. The molecule has 2 aromatic heterocycles. The number of benzene rings is 1. The topological polar surface area (TPSA) is 103 Å². The van der Waals surface area contributed by atoms with E-state index in [9.17, 15) is 0 Å². The molecule has 24 heavy (non-hydrogen) atoms. The molecule has 0 aliphatic carbocycles. The van der Waals surface area contributed by atoms with Crippen molar-refractivity contribution in [3.05, 3.63) is 71.8 Å². The summed E-state index contributed by atoms with van der Waals surface area (Å²) in [6.07, 6.45) is 5.91. The lowest BCUT2D eigenvalue weighted by atomic mass is 10.0. The summed E-state index contributed by atoms with van der Waals surface area (Å²) in [6, 6.07) is 12.3. The molecule has 120 valence electrons. The Labute approximate surface area is 143 Å². The van der Waals surface area contributed by atoms with E-state index in [0.717, 1.165) is 16.9 Å². The molecule has 1 unspecified atom stereocenters. The monoisotopic (exact) mass is 336 g/mol. The number of nitrogens with one attached hydrogen (secondary N) is 1. The standard InChI is InChI=1S/C17H16N6S/c18-15-14-16(22-10-21-15)23-17(19,24-14)13-3-1-11(2-4-13)9-12-5-7-20-8-6-12/h1-8,10H,9,19H2,(H3,18,21,22,23). The Morgan fingerprint density at radius 2 is 1.71 bits per heavy atom. The number of nitrogen functional groups attached to an aromatic ring is 1. The molecule has 3 heterocycles. The number of hydrogen-bond donors (Lipinski definition) is 3. The smallest absolute Gasteiger partial charge is 0.167 e. The Kier molecular flexibility index (Phi) is 3.59. The molecule has 4 rings (SSSR count). The maximum Gasteiger partial charge on any atom is 0.167 e. The van der Waals surface area contributed by atoms with Gasteiger partial charge in [-0.2, -0.15) is 0 Å². The number of rotatable bonds is 3. The van der Waals surface area contributed by atoms with Crippen LogP contribution in [0.5, 0.6) is 0 Å². The van der Waals surface area contributed by atoms with Crippen molar-refractivity contribution in [1.29, 1.82) is 0 Å². The van der Waals surface area contributed by atoms with Crippen LogP contribution in [-0.4, -0.2) is 15.0 Å². The van der Waals surface area contributed by atoms with Gasteiger partial charge < -0.3 is 11.1 Å². The van der Waals surface area contributed by atoms with E-state index in [2.05, 4.69) is 32.4 Å². The van der Waals surface area contributed by atoms with Crippen molar-refractivity contribution in [2.24, 2.45) is 5.73 Å². The van der Waals surface area contributed by atoms with Gasteiger partial charge in [-0.05, 0) is 29.7 Å². The average Bonchev–Trinajstić information content (AvgIpc) is 2.96. The van der Waals surface area contributed by atoms with Crippen LogP contribution in [0.15, 0.2) is 60.0 Å². The van der Waals surface area contributed by atoms with Crippen LogP contribution in [0.2, 0.25) is 0 Å². The molecule has 3 aromatic rings. The largest absolute Gasteiger partial charge is 0.383 e. The predicted octanol–water partition coefficient (Wildman–Crippen LogP) is 2.33. The lowest BCUT2D eigenvalue weighted by molar-refractivity contribution is 0.763. The highest BCUT2D eigenvalue weighted by molar-refractivity contribution is 8.01. The molecular weight excluding hydrogens is 320 g/mol. The Morgan fingerprint density at radius 3 is 2.42 bits per heavy atom. The molecule has 0 radical (unpaired) electrons. The van der Waals surface area contributed by atoms with Gasteiger partial charge in [-0.3, -0.25) is 10.7 Å². The fourth-order valence-corrected chi connectivity index (χ4v) is 3.76.